The predicted octanol–water partition coefficient (Wildman–Crippen LogP) is 1.99. The Morgan fingerprint density at radius 2 is 2.00 bits per heavy atom. The van der Waals surface area contributed by atoms with Crippen LogP contribution in [0.2, 0.25) is 0 Å². The Hall–Kier alpha value is -0.770. The van der Waals surface area contributed by atoms with Gasteiger partial charge in [0.1, 0.15) is 5.60 Å². The monoisotopic (exact) mass is 240 g/mol. The Morgan fingerprint density at radius 1 is 1.29 bits per heavy atom. The number of amides is 1. The quantitative estimate of drug-likeness (QED) is 0.762. The van der Waals surface area contributed by atoms with Crippen LogP contribution >= 0.6 is 0 Å². The van der Waals surface area contributed by atoms with Gasteiger partial charge in [-0.05, 0) is 53.0 Å². The van der Waals surface area contributed by atoms with Crippen molar-refractivity contribution in [3.8, 4) is 0 Å². The molecule has 1 aliphatic carbocycles. The summed E-state index contributed by atoms with van der Waals surface area (Å²) in [6.45, 7) is 6.58. The summed E-state index contributed by atoms with van der Waals surface area (Å²) in [6, 6.07) is 0.975. The van der Waals surface area contributed by atoms with Crippen LogP contribution in [0.15, 0.2) is 0 Å². The summed E-state index contributed by atoms with van der Waals surface area (Å²) < 4.78 is 5.47. The fourth-order valence-corrected chi connectivity index (χ4v) is 2.93. The molecule has 3 unspecified atom stereocenters. The molecule has 0 radical (unpaired) electrons. The van der Waals surface area contributed by atoms with Gasteiger partial charge in [0, 0.05) is 18.6 Å². The van der Waals surface area contributed by atoms with E-state index in [2.05, 4.69) is 5.32 Å². The molecule has 3 atom stereocenters. The third-order valence-corrected chi connectivity index (χ3v) is 3.89. The maximum absolute atomic E-state index is 12.1. The molecule has 2 rings (SSSR count). The van der Waals surface area contributed by atoms with Crippen molar-refractivity contribution in [2.24, 2.45) is 5.92 Å². The zero-order valence-electron chi connectivity index (χ0n) is 11.3. The maximum atomic E-state index is 12.1. The second-order valence-corrected chi connectivity index (χ2v) is 6.17. The van der Waals surface area contributed by atoms with Crippen LogP contribution in [-0.2, 0) is 4.74 Å². The van der Waals surface area contributed by atoms with E-state index < -0.39 is 5.60 Å². The standard InChI is InChI=1S/C13H24N2O2/c1-13(2,3)17-12(16)15-8-7-10(14-4)9-5-6-11(9)15/h9-11,14H,5-8H2,1-4H3. The molecule has 17 heavy (non-hydrogen) atoms. The van der Waals surface area contributed by atoms with E-state index in [1.54, 1.807) is 0 Å². The lowest BCUT2D eigenvalue weighted by Gasteiger charge is -2.51. The average Bonchev–Trinajstić information content (AvgIpc) is 2.15. The first-order valence-electron chi connectivity index (χ1n) is 6.59. The molecule has 98 valence electrons. The number of piperidine rings is 1. The van der Waals surface area contributed by atoms with Gasteiger partial charge >= 0.3 is 6.09 Å². The van der Waals surface area contributed by atoms with Crippen molar-refractivity contribution in [2.75, 3.05) is 13.6 Å². The Bertz CT molecular complexity index is 298. The highest BCUT2D eigenvalue weighted by molar-refractivity contribution is 5.69. The van der Waals surface area contributed by atoms with E-state index in [1.807, 2.05) is 32.7 Å². The minimum Gasteiger partial charge on any atom is -0.444 e. The van der Waals surface area contributed by atoms with Gasteiger partial charge in [-0.15, -0.1) is 0 Å². The maximum Gasteiger partial charge on any atom is 0.410 e. The molecule has 1 amide bonds. The van der Waals surface area contributed by atoms with Crippen LogP contribution in [-0.4, -0.2) is 42.3 Å². The Morgan fingerprint density at radius 3 is 2.47 bits per heavy atom. The first-order valence-corrected chi connectivity index (χ1v) is 6.59. The second-order valence-electron chi connectivity index (χ2n) is 6.17. The van der Waals surface area contributed by atoms with Crippen molar-refractivity contribution in [1.82, 2.24) is 10.2 Å². The highest BCUT2D eigenvalue weighted by atomic mass is 16.6. The average molecular weight is 240 g/mol. The zero-order chi connectivity index (χ0) is 12.6. The molecule has 4 heteroatoms. The predicted molar refractivity (Wildman–Crippen MR) is 66.9 cm³/mol. The second kappa shape index (κ2) is 4.48. The lowest BCUT2D eigenvalue weighted by atomic mass is 9.70. The van der Waals surface area contributed by atoms with E-state index in [9.17, 15) is 4.79 Å². The van der Waals surface area contributed by atoms with Crippen LogP contribution in [0.1, 0.15) is 40.0 Å². The third kappa shape index (κ3) is 2.57. The molecule has 1 aliphatic heterocycles. The van der Waals surface area contributed by atoms with E-state index in [-0.39, 0.29) is 6.09 Å². The minimum atomic E-state index is -0.393. The summed E-state index contributed by atoms with van der Waals surface area (Å²) >= 11 is 0. The van der Waals surface area contributed by atoms with Gasteiger partial charge < -0.3 is 15.0 Å². The summed E-state index contributed by atoms with van der Waals surface area (Å²) in [5, 5.41) is 3.36. The molecule has 1 saturated carbocycles. The number of carbonyl (C=O) groups is 1. The summed E-state index contributed by atoms with van der Waals surface area (Å²) in [6.07, 6.45) is 3.26. The Balaban J connectivity index is 1.97. The Kier molecular flexibility index (Phi) is 3.34. The summed E-state index contributed by atoms with van der Waals surface area (Å²) in [7, 11) is 2.02. The smallest absolute Gasteiger partial charge is 0.410 e. The van der Waals surface area contributed by atoms with Crippen molar-refractivity contribution in [3.05, 3.63) is 0 Å². The van der Waals surface area contributed by atoms with Gasteiger partial charge in [-0.3, -0.25) is 0 Å². The summed E-state index contributed by atoms with van der Waals surface area (Å²) in [4.78, 5) is 14.0. The number of likely N-dealkylation sites (tertiary alicyclic amines) is 1. The van der Waals surface area contributed by atoms with E-state index >= 15 is 0 Å². The normalized spacial score (nSPS) is 32.7. The van der Waals surface area contributed by atoms with E-state index in [1.165, 1.54) is 6.42 Å². The molecule has 2 aliphatic rings. The van der Waals surface area contributed by atoms with Crippen molar-refractivity contribution < 1.29 is 9.53 Å². The van der Waals surface area contributed by atoms with Crippen LogP contribution in [0.4, 0.5) is 4.79 Å². The molecular weight excluding hydrogens is 216 g/mol. The van der Waals surface area contributed by atoms with Gasteiger partial charge in [0.2, 0.25) is 0 Å². The molecule has 1 heterocycles. The number of hydrogen-bond acceptors (Lipinski definition) is 3. The first kappa shape index (κ1) is 12.7. The minimum absolute atomic E-state index is 0.137. The summed E-state index contributed by atoms with van der Waals surface area (Å²) in [5.41, 5.74) is -0.393. The number of ether oxygens (including phenoxy) is 1. The highest BCUT2D eigenvalue weighted by Crippen LogP contribution is 2.39. The molecule has 0 bridgehead atoms. The fraction of sp³-hybridized carbons (Fsp3) is 0.923. The first-order chi connectivity index (χ1) is 7.92. The SMILES string of the molecule is CNC1CCN(C(=O)OC(C)(C)C)C2CCC12. The van der Waals surface area contributed by atoms with Crippen LogP contribution < -0.4 is 5.32 Å². The molecule has 0 aromatic carbocycles. The van der Waals surface area contributed by atoms with Crippen molar-refractivity contribution in [2.45, 2.75) is 57.7 Å². The van der Waals surface area contributed by atoms with Crippen LogP contribution in [0.3, 0.4) is 0 Å². The van der Waals surface area contributed by atoms with Crippen LogP contribution in [0.5, 0.6) is 0 Å². The molecule has 2 fully saturated rings. The summed E-state index contributed by atoms with van der Waals surface area (Å²) in [5.74, 6) is 0.626. The van der Waals surface area contributed by atoms with Gasteiger partial charge in [0.05, 0.1) is 0 Å². The molecular formula is C13H24N2O2. The molecule has 0 spiro atoms. The third-order valence-electron chi connectivity index (χ3n) is 3.89. The topological polar surface area (TPSA) is 41.6 Å². The molecule has 0 aromatic heterocycles. The highest BCUT2D eigenvalue weighted by Gasteiger charge is 2.46. The number of hydrogen-bond donors (Lipinski definition) is 1. The van der Waals surface area contributed by atoms with Crippen LogP contribution in [0, 0.1) is 5.92 Å². The lowest BCUT2D eigenvalue weighted by molar-refractivity contribution is -0.0320. The van der Waals surface area contributed by atoms with E-state index in [0.717, 1.165) is 19.4 Å². The van der Waals surface area contributed by atoms with Gasteiger partial charge in [0.25, 0.3) is 0 Å². The van der Waals surface area contributed by atoms with E-state index in [0.29, 0.717) is 18.0 Å². The molecule has 1 N–H and O–H groups in total. The van der Waals surface area contributed by atoms with Gasteiger partial charge in [-0.25, -0.2) is 4.79 Å². The lowest BCUT2D eigenvalue weighted by Crippen LogP contribution is -2.61. The number of fused-ring (bicyclic) bond motifs is 1. The van der Waals surface area contributed by atoms with Gasteiger partial charge in [-0.1, -0.05) is 0 Å². The number of nitrogens with one attached hydrogen (secondary N) is 1. The van der Waals surface area contributed by atoms with Crippen molar-refractivity contribution in [3.63, 3.8) is 0 Å². The number of rotatable bonds is 1. The largest absolute Gasteiger partial charge is 0.444 e. The molecule has 1 saturated heterocycles. The van der Waals surface area contributed by atoms with Gasteiger partial charge in [-0.2, -0.15) is 0 Å². The zero-order valence-corrected chi connectivity index (χ0v) is 11.3. The molecule has 4 nitrogen and oxygen atoms in total. The van der Waals surface area contributed by atoms with Crippen molar-refractivity contribution in [1.29, 1.82) is 0 Å². The Labute approximate surface area is 104 Å². The van der Waals surface area contributed by atoms with Crippen LogP contribution in [0.25, 0.3) is 0 Å². The number of nitrogens with zero attached hydrogens (tertiary/aromatic N) is 1. The molecule has 0 aromatic rings. The van der Waals surface area contributed by atoms with E-state index in [4.69, 9.17) is 4.74 Å². The fourth-order valence-electron chi connectivity index (χ4n) is 2.93. The van der Waals surface area contributed by atoms with Crippen molar-refractivity contribution >= 4 is 6.09 Å². The number of carbonyl (C=O) groups excluding carboxylic acids is 1. The van der Waals surface area contributed by atoms with Gasteiger partial charge in [0.15, 0.2) is 0 Å².